The van der Waals surface area contributed by atoms with E-state index in [1.165, 1.54) is 35.1 Å². The molecule has 2 aromatic carbocycles. The Hall–Kier alpha value is -1.08. The average Bonchev–Trinajstić information content (AvgIpc) is 2.39. The number of hydrogen-bond acceptors (Lipinski definition) is 0. The Balaban J connectivity index is 2.17. The summed E-state index contributed by atoms with van der Waals surface area (Å²) in [6.45, 7) is 0. The molecule has 1 aliphatic rings. The number of alkyl halides is 1. The minimum atomic E-state index is 1.05. The summed E-state index contributed by atoms with van der Waals surface area (Å²) < 4.78 is 0. The van der Waals surface area contributed by atoms with Crippen LogP contribution in [0.5, 0.6) is 0 Å². The van der Waals surface area contributed by atoms with Crippen molar-refractivity contribution in [3.63, 3.8) is 0 Å². The minimum Gasteiger partial charge on any atom is -0.0924 e. The van der Waals surface area contributed by atoms with Crippen molar-refractivity contribution in [3.8, 4) is 11.1 Å². The lowest BCUT2D eigenvalue weighted by molar-refractivity contribution is 0.917. The molecule has 1 heteroatoms. The van der Waals surface area contributed by atoms with Gasteiger partial charge in [0.2, 0.25) is 0 Å². The van der Waals surface area contributed by atoms with E-state index in [9.17, 15) is 0 Å². The SMILES string of the molecule is BrCCc1cccc2c1CCc1ccccc1-2. The molecule has 86 valence electrons. The molecule has 0 heterocycles. The van der Waals surface area contributed by atoms with Crippen molar-refractivity contribution < 1.29 is 0 Å². The van der Waals surface area contributed by atoms with Crippen LogP contribution in [-0.2, 0) is 19.3 Å². The molecular weight excluding hydrogens is 272 g/mol. The minimum absolute atomic E-state index is 1.05. The molecule has 0 atom stereocenters. The van der Waals surface area contributed by atoms with E-state index in [0.29, 0.717) is 0 Å². The van der Waals surface area contributed by atoms with Crippen molar-refractivity contribution in [2.75, 3.05) is 5.33 Å². The zero-order valence-electron chi connectivity index (χ0n) is 9.75. The van der Waals surface area contributed by atoms with E-state index >= 15 is 0 Å². The molecule has 0 unspecified atom stereocenters. The van der Waals surface area contributed by atoms with Gasteiger partial charge in [0.15, 0.2) is 0 Å². The van der Waals surface area contributed by atoms with Gasteiger partial charge in [0.25, 0.3) is 0 Å². The van der Waals surface area contributed by atoms with Crippen LogP contribution in [0.2, 0.25) is 0 Å². The first-order valence-electron chi connectivity index (χ1n) is 6.15. The Morgan fingerprint density at radius 3 is 2.59 bits per heavy atom. The fourth-order valence-electron chi connectivity index (χ4n) is 2.78. The molecule has 1 aliphatic carbocycles. The van der Waals surface area contributed by atoms with Crippen LogP contribution >= 0.6 is 15.9 Å². The highest BCUT2D eigenvalue weighted by atomic mass is 79.9. The predicted octanol–water partition coefficient (Wildman–Crippen LogP) is 4.39. The van der Waals surface area contributed by atoms with Crippen molar-refractivity contribution in [2.24, 2.45) is 0 Å². The van der Waals surface area contributed by atoms with E-state index < -0.39 is 0 Å². The Kier molecular flexibility index (Phi) is 3.02. The number of fused-ring (bicyclic) bond motifs is 3. The second kappa shape index (κ2) is 4.66. The highest BCUT2D eigenvalue weighted by Crippen LogP contribution is 2.35. The van der Waals surface area contributed by atoms with Crippen LogP contribution in [0.25, 0.3) is 11.1 Å². The number of halogens is 1. The molecule has 0 saturated heterocycles. The smallest absolute Gasteiger partial charge is 0.00719 e. The standard InChI is InChI=1S/C16H15Br/c17-11-10-13-5-3-7-16-14-6-2-1-4-12(14)8-9-15(13)16/h1-7H,8-11H2. The lowest BCUT2D eigenvalue weighted by Crippen LogP contribution is -2.07. The first-order valence-corrected chi connectivity index (χ1v) is 7.27. The molecule has 0 saturated carbocycles. The van der Waals surface area contributed by atoms with E-state index in [-0.39, 0.29) is 0 Å². The monoisotopic (exact) mass is 286 g/mol. The molecule has 0 fully saturated rings. The average molecular weight is 287 g/mol. The molecule has 2 aromatic rings. The Morgan fingerprint density at radius 1 is 0.882 bits per heavy atom. The van der Waals surface area contributed by atoms with Gasteiger partial charge in [0.05, 0.1) is 0 Å². The molecule has 0 aromatic heterocycles. The summed E-state index contributed by atoms with van der Waals surface area (Å²) in [5.41, 5.74) is 7.45. The van der Waals surface area contributed by atoms with Gasteiger partial charge in [0.1, 0.15) is 0 Å². The lowest BCUT2D eigenvalue weighted by atomic mass is 9.83. The van der Waals surface area contributed by atoms with Gasteiger partial charge >= 0.3 is 0 Å². The van der Waals surface area contributed by atoms with Crippen LogP contribution in [0.3, 0.4) is 0 Å². The van der Waals surface area contributed by atoms with Crippen molar-refractivity contribution in [2.45, 2.75) is 19.3 Å². The molecule has 0 amide bonds. The van der Waals surface area contributed by atoms with Gasteiger partial charge in [-0.1, -0.05) is 58.4 Å². The van der Waals surface area contributed by atoms with Crippen molar-refractivity contribution in [3.05, 3.63) is 59.2 Å². The topological polar surface area (TPSA) is 0 Å². The zero-order chi connectivity index (χ0) is 11.7. The molecule has 3 rings (SSSR count). The van der Waals surface area contributed by atoms with Crippen molar-refractivity contribution in [1.82, 2.24) is 0 Å². The summed E-state index contributed by atoms with van der Waals surface area (Å²) >= 11 is 3.55. The van der Waals surface area contributed by atoms with Crippen LogP contribution in [0.15, 0.2) is 42.5 Å². The van der Waals surface area contributed by atoms with Gasteiger partial charge in [-0.25, -0.2) is 0 Å². The summed E-state index contributed by atoms with van der Waals surface area (Å²) in [5, 5.41) is 1.05. The summed E-state index contributed by atoms with van der Waals surface area (Å²) in [6.07, 6.45) is 3.50. The molecule has 0 nitrogen and oxygen atoms in total. The normalized spacial score (nSPS) is 13.0. The van der Waals surface area contributed by atoms with Crippen molar-refractivity contribution in [1.29, 1.82) is 0 Å². The van der Waals surface area contributed by atoms with Crippen LogP contribution in [-0.4, -0.2) is 5.33 Å². The second-order valence-corrected chi connectivity index (χ2v) is 5.33. The maximum Gasteiger partial charge on any atom is 0.00719 e. The zero-order valence-corrected chi connectivity index (χ0v) is 11.3. The van der Waals surface area contributed by atoms with Gasteiger partial charge in [-0.2, -0.15) is 0 Å². The van der Waals surface area contributed by atoms with E-state index in [1.54, 1.807) is 5.56 Å². The van der Waals surface area contributed by atoms with E-state index in [4.69, 9.17) is 0 Å². The molecule has 0 aliphatic heterocycles. The van der Waals surface area contributed by atoms with E-state index in [0.717, 1.165) is 11.8 Å². The second-order valence-electron chi connectivity index (χ2n) is 4.54. The number of benzene rings is 2. The highest BCUT2D eigenvalue weighted by molar-refractivity contribution is 9.09. The van der Waals surface area contributed by atoms with Gasteiger partial charge in [-0.15, -0.1) is 0 Å². The van der Waals surface area contributed by atoms with Crippen LogP contribution < -0.4 is 0 Å². The predicted molar refractivity (Wildman–Crippen MR) is 76.8 cm³/mol. The quantitative estimate of drug-likeness (QED) is 0.719. The Morgan fingerprint density at radius 2 is 1.71 bits per heavy atom. The van der Waals surface area contributed by atoms with Gasteiger partial charge in [-0.3, -0.25) is 0 Å². The van der Waals surface area contributed by atoms with Crippen LogP contribution in [0.4, 0.5) is 0 Å². The summed E-state index contributed by atoms with van der Waals surface area (Å²) in [5.74, 6) is 0. The number of rotatable bonds is 2. The highest BCUT2D eigenvalue weighted by Gasteiger charge is 2.17. The number of aryl methyl sites for hydroxylation is 2. The van der Waals surface area contributed by atoms with Gasteiger partial charge in [-0.05, 0) is 47.1 Å². The summed E-state index contributed by atoms with van der Waals surface area (Å²) in [4.78, 5) is 0. The molecule has 0 radical (unpaired) electrons. The van der Waals surface area contributed by atoms with E-state index in [2.05, 4.69) is 58.4 Å². The van der Waals surface area contributed by atoms with Crippen LogP contribution in [0.1, 0.15) is 16.7 Å². The molecule has 0 spiro atoms. The van der Waals surface area contributed by atoms with Crippen molar-refractivity contribution >= 4 is 15.9 Å². The fourth-order valence-corrected chi connectivity index (χ4v) is 3.21. The third kappa shape index (κ3) is 1.93. The van der Waals surface area contributed by atoms with Gasteiger partial charge in [0, 0.05) is 5.33 Å². The Bertz CT molecular complexity index is 543. The van der Waals surface area contributed by atoms with Crippen LogP contribution in [0, 0.1) is 0 Å². The lowest BCUT2D eigenvalue weighted by Gasteiger charge is -2.22. The maximum atomic E-state index is 3.55. The Labute approximate surface area is 111 Å². The molecular formula is C16H15Br. The fraction of sp³-hybridized carbons (Fsp3) is 0.250. The third-order valence-electron chi connectivity index (χ3n) is 3.59. The summed E-state index contributed by atoms with van der Waals surface area (Å²) in [7, 11) is 0. The van der Waals surface area contributed by atoms with Gasteiger partial charge < -0.3 is 0 Å². The first kappa shape index (κ1) is 11.0. The molecule has 0 N–H and O–H groups in total. The first-order chi connectivity index (χ1) is 8.40. The maximum absolute atomic E-state index is 3.55. The molecule has 17 heavy (non-hydrogen) atoms. The summed E-state index contributed by atoms with van der Waals surface area (Å²) in [6, 6.07) is 15.5. The molecule has 0 bridgehead atoms. The number of hydrogen-bond donors (Lipinski definition) is 0. The van der Waals surface area contributed by atoms with E-state index in [1.807, 2.05) is 0 Å². The largest absolute Gasteiger partial charge is 0.0924 e. The third-order valence-corrected chi connectivity index (χ3v) is 3.99.